The van der Waals surface area contributed by atoms with Crippen molar-refractivity contribution in [1.82, 2.24) is 9.80 Å². The van der Waals surface area contributed by atoms with Crippen LogP contribution in [0.1, 0.15) is 18.1 Å². The van der Waals surface area contributed by atoms with Gasteiger partial charge in [0.25, 0.3) is 0 Å². The van der Waals surface area contributed by atoms with Crippen LogP contribution in [0.5, 0.6) is 0 Å². The van der Waals surface area contributed by atoms with Crippen molar-refractivity contribution in [1.29, 1.82) is 0 Å². The molecule has 0 aromatic heterocycles. The third-order valence-electron chi connectivity index (χ3n) is 4.35. The Morgan fingerprint density at radius 1 is 0.739 bits per heavy atom. The molecule has 0 N–H and O–H groups in total. The molecule has 2 aromatic carbocycles. The van der Waals surface area contributed by atoms with Gasteiger partial charge in [0.1, 0.15) is 0 Å². The van der Waals surface area contributed by atoms with E-state index in [1.54, 1.807) is 0 Å². The van der Waals surface area contributed by atoms with E-state index in [0.29, 0.717) is 0 Å². The zero-order valence-electron chi connectivity index (χ0n) is 13.9. The third kappa shape index (κ3) is 5.10. The van der Waals surface area contributed by atoms with Gasteiger partial charge in [-0.05, 0) is 29.0 Å². The summed E-state index contributed by atoms with van der Waals surface area (Å²) in [5, 5.41) is 0. The molecule has 1 saturated heterocycles. The molecule has 1 aliphatic heterocycles. The molecule has 0 unspecified atom stereocenters. The lowest BCUT2D eigenvalue weighted by Gasteiger charge is -2.34. The average Bonchev–Trinajstić information content (AvgIpc) is 2.60. The van der Waals surface area contributed by atoms with Crippen LogP contribution in [0.15, 0.2) is 59.5 Å². The van der Waals surface area contributed by atoms with E-state index < -0.39 is 0 Å². The third-order valence-corrected chi connectivity index (χ3v) is 5.25. The van der Waals surface area contributed by atoms with Crippen molar-refractivity contribution in [2.75, 3.05) is 31.9 Å². The summed E-state index contributed by atoms with van der Waals surface area (Å²) in [4.78, 5) is 6.51. The van der Waals surface area contributed by atoms with E-state index in [4.69, 9.17) is 0 Å². The van der Waals surface area contributed by atoms with Gasteiger partial charge >= 0.3 is 0 Å². The molecule has 0 saturated carbocycles. The molecule has 1 aliphatic rings. The summed E-state index contributed by atoms with van der Waals surface area (Å²) in [6, 6.07) is 19.9. The lowest BCUT2D eigenvalue weighted by molar-refractivity contribution is 0.122. The van der Waals surface area contributed by atoms with Gasteiger partial charge in [-0.15, -0.1) is 11.8 Å². The van der Waals surface area contributed by atoms with Crippen LogP contribution in [0.25, 0.3) is 0 Å². The SMILES string of the molecule is CCSc1ccc(CN2CCN(Cc3ccccc3)CC2)cc1. The molecule has 3 rings (SSSR count). The van der Waals surface area contributed by atoms with Crippen molar-refractivity contribution >= 4 is 11.8 Å². The molecule has 1 heterocycles. The highest BCUT2D eigenvalue weighted by molar-refractivity contribution is 7.99. The molecule has 2 nitrogen and oxygen atoms in total. The van der Waals surface area contributed by atoms with Crippen LogP contribution in [0.4, 0.5) is 0 Å². The molecule has 0 amide bonds. The smallest absolute Gasteiger partial charge is 0.0234 e. The van der Waals surface area contributed by atoms with Gasteiger partial charge in [-0.2, -0.15) is 0 Å². The van der Waals surface area contributed by atoms with Gasteiger partial charge in [0.2, 0.25) is 0 Å². The summed E-state index contributed by atoms with van der Waals surface area (Å²) < 4.78 is 0. The minimum Gasteiger partial charge on any atom is -0.297 e. The number of benzene rings is 2. The lowest BCUT2D eigenvalue weighted by atomic mass is 10.1. The number of thioether (sulfide) groups is 1. The van der Waals surface area contributed by atoms with Crippen LogP contribution in [-0.4, -0.2) is 41.7 Å². The first-order valence-corrected chi connectivity index (χ1v) is 9.52. The maximum Gasteiger partial charge on any atom is 0.0234 e. The van der Waals surface area contributed by atoms with Crippen molar-refractivity contribution < 1.29 is 0 Å². The van der Waals surface area contributed by atoms with Gasteiger partial charge in [-0.1, -0.05) is 49.4 Å². The summed E-state index contributed by atoms with van der Waals surface area (Å²) in [7, 11) is 0. The zero-order valence-corrected chi connectivity index (χ0v) is 14.8. The standard InChI is InChI=1S/C20H26N2S/c1-2-23-20-10-8-19(9-11-20)17-22-14-12-21(13-15-22)16-18-6-4-3-5-7-18/h3-11H,2,12-17H2,1H3. The average molecular weight is 327 g/mol. The largest absolute Gasteiger partial charge is 0.297 e. The fraction of sp³-hybridized carbons (Fsp3) is 0.400. The van der Waals surface area contributed by atoms with Crippen LogP contribution < -0.4 is 0 Å². The Bertz CT molecular complexity index is 574. The maximum atomic E-state index is 2.57. The van der Waals surface area contributed by atoms with E-state index >= 15 is 0 Å². The van der Waals surface area contributed by atoms with Gasteiger partial charge in [-0.25, -0.2) is 0 Å². The Morgan fingerprint density at radius 2 is 1.26 bits per heavy atom. The van der Waals surface area contributed by atoms with Crippen LogP contribution in [0.3, 0.4) is 0 Å². The second kappa shape index (κ2) is 8.53. The minimum atomic E-state index is 1.08. The minimum absolute atomic E-state index is 1.08. The summed E-state index contributed by atoms with van der Waals surface area (Å²) >= 11 is 1.91. The van der Waals surface area contributed by atoms with E-state index in [9.17, 15) is 0 Å². The molecule has 122 valence electrons. The van der Waals surface area contributed by atoms with Crippen LogP contribution in [0, 0.1) is 0 Å². The van der Waals surface area contributed by atoms with Crippen LogP contribution >= 0.6 is 11.8 Å². The second-order valence-corrected chi connectivity index (χ2v) is 7.45. The van der Waals surface area contributed by atoms with E-state index in [1.807, 2.05) is 11.8 Å². The number of rotatable bonds is 6. The fourth-order valence-corrected chi connectivity index (χ4v) is 3.72. The zero-order chi connectivity index (χ0) is 15.9. The summed E-state index contributed by atoms with van der Waals surface area (Å²) in [6.07, 6.45) is 0. The van der Waals surface area contributed by atoms with Gasteiger partial charge in [0.05, 0.1) is 0 Å². The normalized spacial score (nSPS) is 16.6. The molecular formula is C20H26N2S. The monoisotopic (exact) mass is 326 g/mol. The molecule has 23 heavy (non-hydrogen) atoms. The highest BCUT2D eigenvalue weighted by Crippen LogP contribution is 2.19. The van der Waals surface area contributed by atoms with Crippen molar-refractivity contribution in [2.24, 2.45) is 0 Å². The Morgan fingerprint density at radius 3 is 1.78 bits per heavy atom. The van der Waals surface area contributed by atoms with Gasteiger partial charge in [0.15, 0.2) is 0 Å². The Kier molecular flexibility index (Phi) is 6.14. The Hall–Kier alpha value is -1.29. The molecule has 0 bridgehead atoms. The summed E-state index contributed by atoms with van der Waals surface area (Å²) in [5.74, 6) is 1.14. The predicted octanol–water partition coefficient (Wildman–Crippen LogP) is 4.12. The Balaban J connectivity index is 1.45. The first-order chi connectivity index (χ1) is 11.3. The molecule has 2 aromatic rings. The molecule has 3 heteroatoms. The van der Waals surface area contributed by atoms with Gasteiger partial charge < -0.3 is 0 Å². The highest BCUT2D eigenvalue weighted by atomic mass is 32.2. The summed E-state index contributed by atoms with van der Waals surface area (Å²) in [6.45, 7) is 9.02. The molecule has 0 aliphatic carbocycles. The predicted molar refractivity (Wildman–Crippen MR) is 99.8 cm³/mol. The number of piperazine rings is 1. The van der Waals surface area contributed by atoms with Crippen molar-refractivity contribution in [3.05, 3.63) is 65.7 Å². The van der Waals surface area contributed by atoms with E-state index in [-0.39, 0.29) is 0 Å². The van der Waals surface area contributed by atoms with Gasteiger partial charge in [-0.3, -0.25) is 9.80 Å². The van der Waals surface area contributed by atoms with Crippen molar-refractivity contribution in [2.45, 2.75) is 24.9 Å². The first kappa shape index (κ1) is 16.6. The fourth-order valence-electron chi connectivity index (χ4n) is 3.06. The summed E-state index contributed by atoms with van der Waals surface area (Å²) in [5.41, 5.74) is 2.85. The molecular weight excluding hydrogens is 300 g/mol. The molecule has 0 atom stereocenters. The molecule has 0 radical (unpaired) electrons. The molecule has 1 fully saturated rings. The van der Waals surface area contributed by atoms with Crippen molar-refractivity contribution in [3.63, 3.8) is 0 Å². The van der Waals surface area contributed by atoms with Crippen LogP contribution in [0.2, 0.25) is 0 Å². The van der Waals surface area contributed by atoms with Crippen molar-refractivity contribution in [3.8, 4) is 0 Å². The lowest BCUT2D eigenvalue weighted by Crippen LogP contribution is -2.45. The van der Waals surface area contributed by atoms with Gasteiger partial charge in [0, 0.05) is 44.2 Å². The number of hydrogen-bond acceptors (Lipinski definition) is 3. The maximum absolute atomic E-state index is 2.57. The quantitative estimate of drug-likeness (QED) is 0.738. The van der Waals surface area contributed by atoms with E-state index in [0.717, 1.165) is 31.9 Å². The topological polar surface area (TPSA) is 6.48 Å². The van der Waals surface area contributed by atoms with E-state index in [1.165, 1.54) is 29.1 Å². The highest BCUT2D eigenvalue weighted by Gasteiger charge is 2.16. The number of hydrogen-bond donors (Lipinski definition) is 0. The van der Waals surface area contributed by atoms with E-state index in [2.05, 4.69) is 71.3 Å². The number of nitrogens with zero attached hydrogens (tertiary/aromatic N) is 2. The Labute approximate surface area is 144 Å². The van der Waals surface area contributed by atoms with Crippen LogP contribution in [-0.2, 0) is 13.1 Å². The first-order valence-electron chi connectivity index (χ1n) is 8.54. The molecule has 0 spiro atoms. The second-order valence-electron chi connectivity index (χ2n) is 6.11.